The van der Waals surface area contributed by atoms with Crippen LogP contribution in [0.15, 0.2) is 15.4 Å². The Morgan fingerprint density at radius 1 is 1.19 bits per heavy atom. The molecule has 5 atom stereocenters. The Morgan fingerprint density at radius 3 is 2.56 bits per heavy atom. The van der Waals surface area contributed by atoms with Crippen molar-refractivity contribution in [2.24, 2.45) is 11.8 Å². The number of aliphatic hydroxyl groups excluding tert-OH is 1. The van der Waals surface area contributed by atoms with E-state index < -0.39 is 47.2 Å². The van der Waals surface area contributed by atoms with Crippen LogP contribution in [0.5, 0.6) is 0 Å². The van der Waals surface area contributed by atoms with Crippen molar-refractivity contribution in [3.8, 4) is 0 Å². The topological polar surface area (TPSA) is 87.6 Å². The van der Waals surface area contributed by atoms with Crippen molar-refractivity contribution in [3.63, 3.8) is 0 Å². The Morgan fingerprint density at radius 2 is 1.91 bits per heavy atom. The van der Waals surface area contributed by atoms with Gasteiger partial charge in [-0.3, -0.25) is 19.2 Å². The van der Waals surface area contributed by atoms with E-state index in [4.69, 9.17) is 4.74 Å². The number of methoxy groups -OCH3 is 1. The van der Waals surface area contributed by atoms with E-state index in [-0.39, 0.29) is 36.1 Å². The van der Waals surface area contributed by atoms with E-state index in [2.05, 4.69) is 4.98 Å². The van der Waals surface area contributed by atoms with Gasteiger partial charge < -0.3 is 9.84 Å². The van der Waals surface area contributed by atoms with Gasteiger partial charge in [0.25, 0.3) is 11.5 Å². The second kappa shape index (κ2) is 7.56. The molecule has 3 aliphatic carbocycles. The monoisotopic (exact) mass is 455 g/mol. The van der Waals surface area contributed by atoms with Crippen molar-refractivity contribution in [1.82, 2.24) is 14.5 Å². The molecule has 5 rings (SSSR count). The van der Waals surface area contributed by atoms with Gasteiger partial charge in [0.2, 0.25) is 0 Å². The first-order valence-electron chi connectivity index (χ1n) is 11.2. The summed E-state index contributed by atoms with van der Waals surface area (Å²) in [6.07, 6.45) is -0.677. The van der Waals surface area contributed by atoms with Crippen molar-refractivity contribution >= 4 is 5.57 Å². The number of fused-ring (bicyclic) bond motifs is 2. The normalized spacial score (nSPS) is 34.9. The number of ether oxygens (including phenoxy) is 1. The average Bonchev–Trinajstić information content (AvgIpc) is 3.49. The van der Waals surface area contributed by atoms with Gasteiger partial charge in [-0.1, -0.05) is 0 Å². The molecule has 0 spiro atoms. The van der Waals surface area contributed by atoms with Gasteiger partial charge in [-0.05, 0) is 44.1 Å². The van der Waals surface area contributed by atoms with Crippen LogP contribution in [0.25, 0.3) is 5.57 Å². The summed E-state index contributed by atoms with van der Waals surface area (Å²) in [6.45, 7) is 1.94. The van der Waals surface area contributed by atoms with Gasteiger partial charge in [-0.2, -0.15) is 0 Å². The average molecular weight is 455 g/mol. The zero-order chi connectivity index (χ0) is 22.9. The predicted octanol–water partition coefficient (Wildman–Crippen LogP) is 2.37. The molecule has 10 heteroatoms. The van der Waals surface area contributed by atoms with Gasteiger partial charge in [0, 0.05) is 38.6 Å². The molecule has 7 nitrogen and oxygen atoms in total. The fourth-order valence-electron chi connectivity index (χ4n) is 6.00. The molecule has 1 aliphatic heterocycles. The molecule has 2 heterocycles. The molecule has 5 unspecified atom stereocenters. The SMILES string of the molecule is COC1c2c(c(=O)[nH]c(=O)n2C2CC2)C(C)=C(F)C1N1CC2CCCC(F)(F)C(O)C2C1. The third-order valence-electron chi connectivity index (χ3n) is 7.73. The first kappa shape index (κ1) is 21.9. The Labute approximate surface area is 182 Å². The summed E-state index contributed by atoms with van der Waals surface area (Å²) >= 11 is 0. The molecule has 2 saturated carbocycles. The molecule has 0 amide bonds. The van der Waals surface area contributed by atoms with Gasteiger partial charge in [0.1, 0.15) is 18.0 Å². The molecule has 1 aromatic rings. The zero-order valence-corrected chi connectivity index (χ0v) is 18.1. The summed E-state index contributed by atoms with van der Waals surface area (Å²) in [5, 5.41) is 10.4. The van der Waals surface area contributed by atoms with E-state index in [1.807, 2.05) is 0 Å². The summed E-state index contributed by atoms with van der Waals surface area (Å²) in [5.41, 5.74) is -0.611. The van der Waals surface area contributed by atoms with E-state index in [0.29, 0.717) is 25.1 Å². The number of allylic oxidation sites excluding steroid dienone is 1. The standard InChI is InChI=1S/C22H28F3N3O4/c1-10-14-16(28(12-5-6-12)21(31)26-20(14)30)18(32-2)17(15(10)23)27-8-11-4-3-7-22(24,25)19(29)13(11)9-27/h11-13,17-19,29H,3-9H2,1-2H3,(H,26,30,31). The van der Waals surface area contributed by atoms with Crippen LogP contribution in [-0.4, -0.2) is 57.8 Å². The Bertz CT molecular complexity index is 1080. The minimum absolute atomic E-state index is 0.0782. The number of H-pyrrole nitrogens is 1. The fraction of sp³-hybridized carbons (Fsp3) is 0.727. The van der Waals surface area contributed by atoms with Gasteiger partial charge >= 0.3 is 5.69 Å². The Balaban J connectivity index is 1.58. The number of aromatic amines is 1. The van der Waals surface area contributed by atoms with Crippen LogP contribution in [-0.2, 0) is 4.74 Å². The lowest BCUT2D eigenvalue weighted by Gasteiger charge is -2.38. The molecule has 176 valence electrons. The zero-order valence-electron chi connectivity index (χ0n) is 18.1. The number of hydrogen-bond donors (Lipinski definition) is 2. The minimum atomic E-state index is -3.17. The van der Waals surface area contributed by atoms with Gasteiger partial charge in [-0.25, -0.2) is 18.0 Å². The van der Waals surface area contributed by atoms with Crippen molar-refractivity contribution < 1.29 is 23.0 Å². The van der Waals surface area contributed by atoms with Crippen LogP contribution < -0.4 is 11.2 Å². The summed E-state index contributed by atoms with van der Waals surface area (Å²) in [7, 11) is 1.40. The minimum Gasteiger partial charge on any atom is -0.387 e. The number of likely N-dealkylation sites (tertiary alicyclic amines) is 1. The summed E-state index contributed by atoms with van der Waals surface area (Å²) in [4.78, 5) is 29.3. The van der Waals surface area contributed by atoms with E-state index in [1.165, 1.54) is 18.6 Å². The van der Waals surface area contributed by atoms with Crippen molar-refractivity contribution in [2.75, 3.05) is 20.2 Å². The lowest BCUT2D eigenvalue weighted by atomic mass is 9.88. The van der Waals surface area contributed by atoms with Crippen LogP contribution in [0.1, 0.15) is 62.4 Å². The Kier molecular flexibility index (Phi) is 5.18. The second-order valence-electron chi connectivity index (χ2n) is 9.67. The molecule has 32 heavy (non-hydrogen) atoms. The molecule has 2 N–H and O–H groups in total. The van der Waals surface area contributed by atoms with E-state index >= 15 is 4.39 Å². The van der Waals surface area contributed by atoms with E-state index in [9.17, 15) is 23.5 Å². The number of alkyl halides is 2. The number of aliphatic hydroxyl groups is 1. The first-order chi connectivity index (χ1) is 15.2. The van der Waals surface area contributed by atoms with Crippen molar-refractivity contribution in [1.29, 1.82) is 0 Å². The molecule has 3 fully saturated rings. The van der Waals surface area contributed by atoms with Gasteiger partial charge in [0.15, 0.2) is 0 Å². The maximum Gasteiger partial charge on any atom is 0.328 e. The molecule has 0 radical (unpaired) electrons. The lowest BCUT2D eigenvalue weighted by molar-refractivity contribution is -0.132. The lowest BCUT2D eigenvalue weighted by Crippen LogP contribution is -2.47. The molecule has 1 saturated heterocycles. The maximum atomic E-state index is 15.8. The first-order valence-corrected chi connectivity index (χ1v) is 11.2. The number of hydrogen-bond acceptors (Lipinski definition) is 5. The summed E-state index contributed by atoms with van der Waals surface area (Å²) in [6, 6.07) is -1.03. The van der Waals surface area contributed by atoms with Crippen molar-refractivity contribution in [2.45, 2.75) is 69.2 Å². The smallest absolute Gasteiger partial charge is 0.328 e. The third kappa shape index (κ3) is 3.21. The third-order valence-corrected chi connectivity index (χ3v) is 7.73. The highest BCUT2D eigenvalue weighted by Gasteiger charge is 2.54. The Hall–Kier alpha value is -1.91. The molecule has 1 aromatic heterocycles. The largest absolute Gasteiger partial charge is 0.387 e. The number of nitrogens with one attached hydrogen (secondary N) is 1. The summed E-state index contributed by atoms with van der Waals surface area (Å²) in [5.74, 6) is -4.59. The highest BCUT2D eigenvalue weighted by molar-refractivity contribution is 5.70. The molecular formula is C22H28F3N3O4. The van der Waals surface area contributed by atoms with Crippen LogP contribution >= 0.6 is 0 Å². The van der Waals surface area contributed by atoms with E-state index in [1.54, 1.807) is 4.90 Å². The van der Waals surface area contributed by atoms with Crippen LogP contribution in [0.3, 0.4) is 0 Å². The molecule has 0 bridgehead atoms. The van der Waals surface area contributed by atoms with Gasteiger partial charge in [0.05, 0.1) is 17.3 Å². The highest BCUT2D eigenvalue weighted by atomic mass is 19.3. The number of nitrogens with zero attached hydrogens (tertiary/aromatic N) is 2. The molecular weight excluding hydrogens is 427 g/mol. The number of rotatable bonds is 3. The predicted molar refractivity (Wildman–Crippen MR) is 110 cm³/mol. The number of halogens is 3. The second-order valence-corrected chi connectivity index (χ2v) is 9.67. The summed E-state index contributed by atoms with van der Waals surface area (Å²) < 4.78 is 51.6. The van der Waals surface area contributed by atoms with Crippen LogP contribution in [0.2, 0.25) is 0 Å². The van der Waals surface area contributed by atoms with Crippen LogP contribution in [0.4, 0.5) is 13.2 Å². The highest BCUT2D eigenvalue weighted by Crippen LogP contribution is 2.48. The van der Waals surface area contributed by atoms with E-state index in [0.717, 1.165) is 12.8 Å². The quantitative estimate of drug-likeness (QED) is 0.731. The molecule has 4 aliphatic rings. The molecule has 0 aromatic carbocycles. The van der Waals surface area contributed by atoms with Gasteiger partial charge in [-0.15, -0.1) is 0 Å². The number of aromatic nitrogens is 2. The van der Waals surface area contributed by atoms with Crippen LogP contribution in [0, 0.1) is 11.8 Å². The maximum absolute atomic E-state index is 15.8. The van der Waals surface area contributed by atoms with Crippen molar-refractivity contribution in [3.05, 3.63) is 37.9 Å². The fourth-order valence-corrected chi connectivity index (χ4v) is 6.00.